The Balaban J connectivity index is 2.09. The summed E-state index contributed by atoms with van der Waals surface area (Å²) in [5.41, 5.74) is 1.63. The van der Waals surface area contributed by atoms with Crippen molar-refractivity contribution in [2.75, 3.05) is 7.11 Å². The maximum Gasteiger partial charge on any atom is 0.165 e. The van der Waals surface area contributed by atoms with Crippen molar-refractivity contribution < 1.29 is 4.74 Å². The van der Waals surface area contributed by atoms with E-state index in [-0.39, 0.29) is 0 Å². The summed E-state index contributed by atoms with van der Waals surface area (Å²) >= 11 is 1.60. The Morgan fingerprint density at radius 3 is 3.06 bits per heavy atom. The molecule has 4 nitrogen and oxygen atoms in total. The van der Waals surface area contributed by atoms with Crippen LogP contribution in [0.3, 0.4) is 0 Å². The number of hydrogen-bond acceptors (Lipinski definition) is 4. The minimum Gasteiger partial charge on any atom is -0.495 e. The van der Waals surface area contributed by atoms with Crippen molar-refractivity contribution in [3.63, 3.8) is 0 Å². The quantitative estimate of drug-likeness (QED) is 0.841. The van der Waals surface area contributed by atoms with Gasteiger partial charge in [0.15, 0.2) is 5.16 Å². The normalized spacial score (nSPS) is 9.88. The number of aromatic nitrogens is 2. The van der Waals surface area contributed by atoms with Crippen LogP contribution in [-0.2, 0) is 5.75 Å². The summed E-state index contributed by atoms with van der Waals surface area (Å²) in [6, 6.07) is 7.73. The fourth-order valence-electron chi connectivity index (χ4n) is 1.41. The van der Waals surface area contributed by atoms with Crippen LogP contribution >= 0.6 is 11.8 Å². The van der Waals surface area contributed by atoms with Crippen molar-refractivity contribution >= 4 is 11.8 Å². The fraction of sp³-hybridized carbons (Fsp3) is 0.167. The van der Waals surface area contributed by atoms with Crippen LogP contribution in [0, 0.1) is 11.3 Å². The second kappa shape index (κ2) is 5.41. The molecule has 17 heavy (non-hydrogen) atoms. The first kappa shape index (κ1) is 11.6. The molecule has 0 bridgehead atoms. The monoisotopic (exact) mass is 245 g/mol. The number of hydrogen-bond donors (Lipinski definition) is 1. The maximum atomic E-state index is 8.97. The van der Waals surface area contributed by atoms with Crippen LogP contribution < -0.4 is 4.74 Å². The van der Waals surface area contributed by atoms with Gasteiger partial charge in [-0.15, -0.1) is 0 Å². The number of nitriles is 1. The average molecular weight is 245 g/mol. The van der Waals surface area contributed by atoms with Gasteiger partial charge in [-0.05, 0) is 17.7 Å². The highest BCUT2D eigenvalue weighted by molar-refractivity contribution is 7.98. The van der Waals surface area contributed by atoms with Crippen LogP contribution in [0.15, 0.2) is 35.7 Å². The molecule has 2 aromatic rings. The van der Waals surface area contributed by atoms with Crippen LogP contribution in [0.1, 0.15) is 11.1 Å². The molecule has 0 atom stereocenters. The van der Waals surface area contributed by atoms with Crippen LogP contribution in [0.5, 0.6) is 5.75 Å². The molecule has 0 aliphatic rings. The molecule has 5 heteroatoms. The summed E-state index contributed by atoms with van der Waals surface area (Å²) < 4.78 is 5.09. The molecule has 0 amide bonds. The number of ether oxygens (including phenoxy) is 1. The molecule has 0 radical (unpaired) electrons. The zero-order chi connectivity index (χ0) is 12.1. The van der Waals surface area contributed by atoms with Gasteiger partial charge in [0.25, 0.3) is 0 Å². The summed E-state index contributed by atoms with van der Waals surface area (Å²) in [6.45, 7) is 0. The summed E-state index contributed by atoms with van der Waals surface area (Å²) in [7, 11) is 1.56. The Hall–Kier alpha value is -1.93. The van der Waals surface area contributed by atoms with E-state index in [1.54, 1.807) is 31.3 Å². The number of nitrogens with one attached hydrogen (secondary N) is 1. The Kier molecular flexibility index (Phi) is 3.68. The first-order chi connectivity index (χ1) is 8.33. The molecule has 1 N–H and O–H groups in total. The molecular weight excluding hydrogens is 234 g/mol. The lowest BCUT2D eigenvalue weighted by Gasteiger charge is -2.04. The summed E-state index contributed by atoms with van der Waals surface area (Å²) in [5, 5.41) is 9.85. The number of aromatic amines is 1. The number of rotatable bonds is 4. The molecule has 1 aromatic carbocycles. The molecule has 0 unspecified atom stereocenters. The first-order valence-corrected chi connectivity index (χ1v) is 6.01. The van der Waals surface area contributed by atoms with E-state index < -0.39 is 0 Å². The number of thioether (sulfide) groups is 1. The Bertz CT molecular complexity index is 531. The first-order valence-electron chi connectivity index (χ1n) is 5.02. The van der Waals surface area contributed by atoms with E-state index in [9.17, 15) is 0 Å². The zero-order valence-corrected chi connectivity index (χ0v) is 10.1. The van der Waals surface area contributed by atoms with Crippen LogP contribution in [0.25, 0.3) is 0 Å². The van der Waals surface area contributed by atoms with E-state index in [2.05, 4.69) is 16.0 Å². The fourth-order valence-corrected chi connectivity index (χ4v) is 2.18. The van der Waals surface area contributed by atoms with Gasteiger partial charge in [-0.25, -0.2) is 4.98 Å². The van der Waals surface area contributed by atoms with Crippen molar-refractivity contribution in [1.82, 2.24) is 9.97 Å². The topological polar surface area (TPSA) is 61.7 Å². The smallest absolute Gasteiger partial charge is 0.165 e. The highest BCUT2D eigenvalue weighted by atomic mass is 32.2. The van der Waals surface area contributed by atoms with Crippen molar-refractivity contribution in [3.8, 4) is 11.8 Å². The van der Waals surface area contributed by atoms with Crippen molar-refractivity contribution in [2.24, 2.45) is 0 Å². The molecule has 1 heterocycles. The van der Waals surface area contributed by atoms with Gasteiger partial charge in [-0.3, -0.25) is 0 Å². The van der Waals surface area contributed by atoms with Gasteiger partial charge in [-0.1, -0.05) is 17.8 Å². The average Bonchev–Trinajstić information content (AvgIpc) is 2.89. The minimum atomic E-state index is 0.560. The van der Waals surface area contributed by atoms with Crippen molar-refractivity contribution in [1.29, 1.82) is 5.26 Å². The minimum absolute atomic E-state index is 0.560. The van der Waals surface area contributed by atoms with Gasteiger partial charge in [0.05, 0.1) is 12.7 Å². The van der Waals surface area contributed by atoms with Crippen molar-refractivity contribution in [2.45, 2.75) is 10.9 Å². The number of methoxy groups -OCH3 is 1. The Labute approximate surface area is 104 Å². The molecule has 0 aliphatic heterocycles. The van der Waals surface area contributed by atoms with Crippen LogP contribution in [0.4, 0.5) is 0 Å². The largest absolute Gasteiger partial charge is 0.495 e. The molecule has 2 rings (SSSR count). The molecular formula is C12H11N3OS. The lowest BCUT2D eigenvalue weighted by Crippen LogP contribution is -1.90. The third kappa shape index (κ3) is 2.80. The highest BCUT2D eigenvalue weighted by Gasteiger charge is 2.04. The lowest BCUT2D eigenvalue weighted by atomic mass is 10.1. The third-order valence-electron chi connectivity index (χ3n) is 2.23. The van der Waals surface area contributed by atoms with Gasteiger partial charge >= 0.3 is 0 Å². The number of imidazole rings is 1. The van der Waals surface area contributed by atoms with Gasteiger partial charge in [-0.2, -0.15) is 5.26 Å². The standard InChI is InChI=1S/C12H11N3OS/c1-16-11-3-2-9(6-10(11)7-13)8-17-12-14-4-5-15-12/h2-6H,8H2,1H3,(H,14,15). The van der Waals surface area contributed by atoms with Gasteiger partial charge in [0.1, 0.15) is 11.8 Å². The Morgan fingerprint density at radius 2 is 2.41 bits per heavy atom. The second-order valence-corrected chi connectivity index (χ2v) is 4.29. The van der Waals surface area contributed by atoms with Gasteiger partial charge in [0.2, 0.25) is 0 Å². The van der Waals surface area contributed by atoms with E-state index in [0.717, 1.165) is 16.5 Å². The molecule has 0 aliphatic carbocycles. The van der Waals surface area contributed by atoms with E-state index in [1.165, 1.54) is 0 Å². The third-order valence-corrected chi connectivity index (χ3v) is 3.21. The predicted octanol–water partition coefficient (Wildman–Crippen LogP) is 2.58. The van der Waals surface area contributed by atoms with Crippen LogP contribution in [0.2, 0.25) is 0 Å². The van der Waals surface area contributed by atoms with E-state index in [4.69, 9.17) is 10.00 Å². The number of nitrogens with zero attached hydrogens (tertiary/aromatic N) is 2. The summed E-state index contributed by atoms with van der Waals surface area (Å²) in [6.07, 6.45) is 3.51. The van der Waals surface area contributed by atoms with Crippen molar-refractivity contribution in [3.05, 3.63) is 41.7 Å². The lowest BCUT2D eigenvalue weighted by molar-refractivity contribution is 0.413. The predicted molar refractivity (Wildman–Crippen MR) is 65.9 cm³/mol. The van der Waals surface area contributed by atoms with E-state index >= 15 is 0 Å². The molecule has 0 spiro atoms. The van der Waals surface area contributed by atoms with Crippen LogP contribution in [-0.4, -0.2) is 17.1 Å². The van der Waals surface area contributed by atoms with E-state index in [0.29, 0.717) is 11.3 Å². The van der Waals surface area contributed by atoms with Gasteiger partial charge in [0, 0.05) is 18.1 Å². The highest BCUT2D eigenvalue weighted by Crippen LogP contribution is 2.23. The molecule has 0 fully saturated rings. The molecule has 0 saturated heterocycles. The summed E-state index contributed by atoms with van der Waals surface area (Å²) in [5.74, 6) is 1.38. The van der Waals surface area contributed by atoms with Gasteiger partial charge < -0.3 is 9.72 Å². The number of benzene rings is 1. The SMILES string of the molecule is COc1ccc(CSc2ncc[nH]2)cc1C#N. The van der Waals surface area contributed by atoms with E-state index in [1.807, 2.05) is 18.2 Å². The maximum absolute atomic E-state index is 8.97. The molecule has 86 valence electrons. The zero-order valence-electron chi connectivity index (χ0n) is 9.30. The molecule has 1 aromatic heterocycles. The number of H-pyrrole nitrogens is 1. The summed E-state index contributed by atoms with van der Waals surface area (Å²) in [4.78, 5) is 7.15. The second-order valence-electron chi connectivity index (χ2n) is 3.33. The molecule has 0 saturated carbocycles. The Morgan fingerprint density at radius 1 is 1.53 bits per heavy atom.